The molecule has 11 heteroatoms. The van der Waals surface area contributed by atoms with Gasteiger partial charge in [-0.15, -0.1) is 11.3 Å². The molecule has 3 aromatic rings. The third kappa shape index (κ3) is 4.07. The van der Waals surface area contributed by atoms with Gasteiger partial charge in [-0.25, -0.2) is 23.7 Å². The number of carbonyl (C=O) groups excluding carboxylic acids is 1. The Bertz CT molecular complexity index is 1260. The van der Waals surface area contributed by atoms with Gasteiger partial charge >= 0.3 is 0 Å². The van der Waals surface area contributed by atoms with Crippen molar-refractivity contribution in [2.45, 2.75) is 51.6 Å². The molecular weight excluding hydrogens is 460 g/mol. The molecule has 1 saturated heterocycles. The number of pyridine rings is 1. The molecule has 1 fully saturated rings. The number of anilines is 2. The molecule has 1 aliphatic heterocycles. The van der Waals surface area contributed by atoms with Gasteiger partial charge in [-0.3, -0.25) is 4.79 Å². The van der Waals surface area contributed by atoms with Crippen LogP contribution in [0.25, 0.3) is 10.2 Å². The zero-order valence-electron chi connectivity index (χ0n) is 19.0. The summed E-state index contributed by atoms with van der Waals surface area (Å²) in [5.74, 6) is 0.288. The van der Waals surface area contributed by atoms with Crippen molar-refractivity contribution >= 4 is 39.0 Å². The highest BCUT2D eigenvalue weighted by Gasteiger charge is 2.37. The summed E-state index contributed by atoms with van der Waals surface area (Å²) in [5, 5.41) is 3.85. The number of nitrogens with zero attached hydrogens (tertiary/aromatic N) is 4. The molecule has 2 aliphatic rings. The summed E-state index contributed by atoms with van der Waals surface area (Å²) >= 11 is 1.28. The first kappa shape index (κ1) is 22.9. The molecule has 5 rings (SSSR count). The van der Waals surface area contributed by atoms with Crippen molar-refractivity contribution in [3.05, 3.63) is 39.8 Å². The smallest absolute Gasteiger partial charge is 0.263 e. The van der Waals surface area contributed by atoms with Gasteiger partial charge in [-0.1, -0.05) is 6.07 Å². The third-order valence-corrected chi connectivity index (χ3v) is 7.83. The van der Waals surface area contributed by atoms with Crippen LogP contribution in [0.15, 0.2) is 12.1 Å². The number of aromatic nitrogens is 3. The molecular formula is C23H27F2N7OS. The maximum Gasteiger partial charge on any atom is 0.263 e. The fraction of sp³-hybridized carbons (Fsp3) is 0.478. The number of thiophene rings is 1. The van der Waals surface area contributed by atoms with Gasteiger partial charge in [0.2, 0.25) is 6.43 Å². The number of hydrogen-bond donors (Lipinski definition) is 3. The number of halogens is 2. The van der Waals surface area contributed by atoms with Gasteiger partial charge in [-0.2, -0.15) is 0 Å². The molecule has 0 aromatic carbocycles. The number of amides is 1. The van der Waals surface area contributed by atoms with E-state index in [1.165, 1.54) is 11.3 Å². The maximum absolute atomic E-state index is 13.2. The lowest BCUT2D eigenvalue weighted by Gasteiger charge is -2.26. The molecule has 0 saturated carbocycles. The van der Waals surface area contributed by atoms with Crippen LogP contribution in [0.4, 0.5) is 20.3 Å². The van der Waals surface area contributed by atoms with Crippen molar-refractivity contribution in [1.82, 2.24) is 20.3 Å². The van der Waals surface area contributed by atoms with Crippen molar-refractivity contribution in [3.8, 4) is 0 Å². The Labute approximate surface area is 199 Å². The summed E-state index contributed by atoms with van der Waals surface area (Å²) in [5.41, 5.74) is 15.4. The molecule has 0 spiro atoms. The van der Waals surface area contributed by atoms with E-state index in [0.717, 1.165) is 28.8 Å². The summed E-state index contributed by atoms with van der Waals surface area (Å²) in [6.45, 7) is 4.27. The van der Waals surface area contributed by atoms with Gasteiger partial charge in [0, 0.05) is 30.9 Å². The average molecular weight is 488 g/mol. The van der Waals surface area contributed by atoms with Gasteiger partial charge in [0.25, 0.3) is 5.91 Å². The zero-order valence-corrected chi connectivity index (χ0v) is 19.8. The van der Waals surface area contributed by atoms with Gasteiger partial charge in [0.15, 0.2) is 0 Å². The van der Waals surface area contributed by atoms with Crippen LogP contribution >= 0.6 is 11.3 Å². The second-order valence-electron chi connectivity index (χ2n) is 9.14. The van der Waals surface area contributed by atoms with Crippen LogP contribution in [0.5, 0.6) is 0 Å². The molecule has 1 aliphatic carbocycles. The average Bonchev–Trinajstić information content (AvgIpc) is 3.33. The third-order valence-electron chi connectivity index (χ3n) is 6.73. The molecule has 180 valence electrons. The Morgan fingerprint density at radius 2 is 2.03 bits per heavy atom. The zero-order chi connectivity index (χ0) is 24.1. The normalized spacial score (nSPS) is 22.4. The summed E-state index contributed by atoms with van der Waals surface area (Å²) in [7, 11) is 0. The molecule has 5 N–H and O–H groups in total. The van der Waals surface area contributed by atoms with E-state index >= 15 is 0 Å². The van der Waals surface area contributed by atoms with E-state index in [1.807, 2.05) is 30.9 Å². The number of hydrogen-bond acceptors (Lipinski definition) is 8. The minimum Gasteiger partial charge on any atom is -0.397 e. The van der Waals surface area contributed by atoms with Crippen molar-refractivity contribution < 1.29 is 13.6 Å². The summed E-state index contributed by atoms with van der Waals surface area (Å²) in [6, 6.07) is 3.23. The monoisotopic (exact) mass is 487 g/mol. The van der Waals surface area contributed by atoms with Crippen molar-refractivity contribution in [3.63, 3.8) is 0 Å². The first-order chi connectivity index (χ1) is 16.2. The fourth-order valence-electron chi connectivity index (χ4n) is 4.96. The number of alkyl halides is 2. The van der Waals surface area contributed by atoms with Gasteiger partial charge in [0.1, 0.15) is 21.3 Å². The topological polar surface area (TPSA) is 123 Å². The highest BCUT2D eigenvalue weighted by Crippen LogP contribution is 2.34. The second-order valence-corrected chi connectivity index (χ2v) is 10.1. The van der Waals surface area contributed by atoms with Crippen LogP contribution in [-0.2, 0) is 12.8 Å². The highest BCUT2D eigenvalue weighted by molar-refractivity contribution is 7.21. The van der Waals surface area contributed by atoms with E-state index in [0.29, 0.717) is 46.4 Å². The molecule has 8 nitrogen and oxygen atoms in total. The van der Waals surface area contributed by atoms with E-state index < -0.39 is 18.4 Å². The minimum absolute atomic E-state index is 0.0467. The maximum atomic E-state index is 13.2. The Balaban J connectivity index is 1.29. The number of fused-ring (bicyclic) bond motifs is 2. The van der Waals surface area contributed by atoms with Crippen LogP contribution in [0, 0.1) is 19.8 Å². The van der Waals surface area contributed by atoms with Gasteiger partial charge < -0.3 is 21.7 Å². The number of carbonyl (C=O) groups is 1. The summed E-state index contributed by atoms with van der Waals surface area (Å²) in [6.07, 6.45) is -0.359. The molecule has 3 aromatic heterocycles. The lowest BCUT2D eigenvalue weighted by Crippen LogP contribution is -2.39. The van der Waals surface area contributed by atoms with E-state index in [4.69, 9.17) is 16.5 Å². The highest BCUT2D eigenvalue weighted by atomic mass is 32.1. The second kappa shape index (κ2) is 8.70. The van der Waals surface area contributed by atoms with E-state index in [1.54, 1.807) is 0 Å². The number of aryl methyl sites for hydroxylation is 3. The van der Waals surface area contributed by atoms with Crippen LogP contribution in [0.2, 0.25) is 0 Å². The van der Waals surface area contributed by atoms with Gasteiger partial charge in [0.05, 0.1) is 22.7 Å². The number of nitrogens with one attached hydrogen (secondary N) is 1. The van der Waals surface area contributed by atoms with Crippen molar-refractivity contribution in [2.75, 3.05) is 23.7 Å². The predicted molar refractivity (Wildman–Crippen MR) is 129 cm³/mol. The minimum atomic E-state index is -2.43. The Hall–Kier alpha value is -2.92. The molecule has 34 heavy (non-hydrogen) atoms. The number of nitrogens with two attached hydrogens (primary N) is 2. The fourth-order valence-corrected chi connectivity index (χ4v) is 6.05. The number of nitrogen functional groups attached to an aromatic ring is 1. The lowest BCUT2D eigenvalue weighted by atomic mass is 9.91. The Kier molecular flexibility index (Phi) is 5.85. The quantitative estimate of drug-likeness (QED) is 0.517. The predicted octanol–water partition coefficient (Wildman–Crippen LogP) is 2.60. The van der Waals surface area contributed by atoms with Crippen LogP contribution in [0.1, 0.15) is 38.9 Å². The van der Waals surface area contributed by atoms with E-state index in [-0.39, 0.29) is 18.5 Å². The van der Waals surface area contributed by atoms with Gasteiger partial charge in [-0.05, 0) is 44.7 Å². The first-order valence-electron chi connectivity index (χ1n) is 11.3. The summed E-state index contributed by atoms with van der Waals surface area (Å²) in [4.78, 5) is 29.6. The van der Waals surface area contributed by atoms with E-state index in [2.05, 4.69) is 15.3 Å². The van der Waals surface area contributed by atoms with Crippen LogP contribution in [0.3, 0.4) is 0 Å². The SMILES string of the molecule is Cc1nc(C)c2c(N)c(C(=O)NC3CCc4nc(N5CC(N)C(C(F)F)C5)ccc4C3)sc2n1. The van der Waals surface area contributed by atoms with Crippen molar-refractivity contribution in [1.29, 1.82) is 0 Å². The van der Waals surface area contributed by atoms with Crippen LogP contribution in [-0.4, -0.2) is 52.5 Å². The van der Waals surface area contributed by atoms with E-state index in [9.17, 15) is 13.6 Å². The standard InChI is InChI=1S/C23H27F2N7OS/c1-10-18-19(27)20(34-23(18)29-11(2)28-10)22(33)30-13-4-5-16-12(7-13)3-6-17(31-16)32-8-14(21(24)25)15(26)9-32/h3,6,13-15,21H,4-5,7-9,26-27H2,1-2H3,(H,30,33). The lowest BCUT2D eigenvalue weighted by molar-refractivity contribution is 0.0804. The summed E-state index contributed by atoms with van der Waals surface area (Å²) < 4.78 is 26.3. The first-order valence-corrected chi connectivity index (χ1v) is 12.1. The molecule has 1 amide bonds. The molecule has 3 unspecified atom stereocenters. The molecule has 4 heterocycles. The Morgan fingerprint density at radius 1 is 1.24 bits per heavy atom. The molecule has 0 bridgehead atoms. The largest absolute Gasteiger partial charge is 0.397 e. The van der Waals surface area contributed by atoms with Crippen molar-refractivity contribution in [2.24, 2.45) is 11.7 Å². The van der Waals surface area contributed by atoms with Crippen LogP contribution < -0.4 is 21.7 Å². The molecule has 3 atom stereocenters. The Morgan fingerprint density at radius 3 is 2.76 bits per heavy atom. The molecule has 0 radical (unpaired) electrons. The number of rotatable bonds is 4.